The lowest BCUT2D eigenvalue weighted by atomic mass is 10.2. The number of benzene rings is 2. The fraction of sp³-hybridized carbons (Fsp3) is 0.0952. The SMILES string of the molecule is COc1ccccc1NC(=O)c1cccc(C(=O)Nc2ccc3c(c2)OCO3)n1. The minimum absolute atomic E-state index is 0.106. The van der Waals surface area contributed by atoms with Crippen LogP contribution in [0.2, 0.25) is 0 Å². The zero-order valence-corrected chi connectivity index (χ0v) is 15.5. The maximum Gasteiger partial charge on any atom is 0.274 e. The van der Waals surface area contributed by atoms with E-state index in [1.807, 2.05) is 0 Å². The Morgan fingerprint density at radius 3 is 2.41 bits per heavy atom. The van der Waals surface area contributed by atoms with E-state index >= 15 is 0 Å². The molecule has 2 amide bonds. The highest BCUT2D eigenvalue weighted by Crippen LogP contribution is 2.34. The molecule has 1 aliphatic heterocycles. The number of fused-ring (bicyclic) bond motifs is 1. The molecule has 0 radical (unpaired) electrons. The van der Waals surface area contributed by atoms with Crippen molar-refractivity contribution in [3.63, 3.8) is 0 Å². The van der Waals surface area contributed by atoms with Gasteiger partial charge in [-0.3, -0.25) is 9.59 Å². The van der Waals surface area contributed by atoms with Crippen LogP contribution in [-0.4, -0.2) is 30.7 Å². The molecule has 3 aromatic rings. The quantitative estimate of drug-likeness (QED) is 0.692. The molecule has 2 aromatic carbocycles. The van der Waals surface area contributed by atoms with Crippen LogP contribution in [0, 0.1) is 0 Å². The Hall–Kier alpha value is -4.07. The summed E-state index contributed by atoms with van der Waals surface area (Å²) < 4.78 is 15.8. The Kier molecular flexibility index (Phi) is 4.98. The van der Waals surface area contributed by atoms with Crippen LogP contribution in [0.3, 0.4) is 0 Å². The molecule has 1 aliphatic rings. The fourth-order valence-electron chi connectivity index (χ4n) is 2.79. The summed E-state index contributed by atoms with van der Waals surface area (Å²) in [6.45, 7) is 0.150. The first-order valence-corrected chi connectivity index (χ1v) is 8.76. The van der Waals surface area contributed by atoms with Crippen molar-refractivity contribution in [2.24, 2.45) is 0 Å². The summed E-state index contributed by atoms with van der Waals surface area (Å²) in [4.78, 5) is 29.3. The molecule has 146 valence electrons. The molecule has 0 unspecified atom stereocenters. The van der Waals surface area contributed by atoms with Gasteiger partial charge in [-0.15, -0.1) is 0 Å². The summed E-state index contributed by atoms with van der Waals surface area (Å²) in [5, 5.41) is 5.47. The number of carbonyl (C=O) groups excluding carboxylic acids is 2. The molecule has 0 atom stereocenters. The second-order valence-corrected chi connectivity index (χ2v) is 6.08. The molecule has 0 fully saturated rings. The van der Waals surface area contributed by atoms with Crippen molar-refractivity contribution in [1.29, 1.82) is 0 Å². The van der Waals surface area contributed by atoms with E-state index in [0.717, 1.165) is 0 Å². The summed E-state index contributed by atoms with van der Waals surface area (Å²) in [5.41, 5.74) is 1.26. The van der Waals surface area contributed by atoms with E-state index in [4.69, 9.17) is 14.2 Å². The van der Waals surface area contributed by atoms with Gasteiger partial charge in [0.25, 0.3) is 11.8 Å². The first-order valence-electron chi connectivity index (χ1n) is 8.76. The molecule has 0 aliphatic carbocycles. The number of nitrogens with one attached hydrogen (secondary N) is 2. The Labute approximate surface area is 166 Å². The van der Waals surface area contributed by atoms with E-state index in [1.54, 1.807) is 48.5 Å². The zero-order chi connectivity index (χ0) is 20.2. The number of methoxy groups -OCH3 is 1. The van der Waals surface area contributed by atoms with E-state index in [9.17, 15) is 9.59 Å². The summed E-state index contributed by atoms with van der Waals surface area (Å²) in [6.07, 6.45) is 0. The van der Waals surface area contributed by atoms with E-state index < -0.39 is 11.8 Å². The van der Waals surface area contributed by atoms with Crippen molar-refractivity contribution >= 4 is 23.2 Å². The lowest BCUT2D eigenvalue weighted by molar-refractivity contribution is 0.101. The van der Waals surface area contributed by atoms with Crippen molar-refractivity contribution in [2.45, 2.75) is 0 Å². The molecule has 2 heterocycles. The number of hydrogen-bond acceptors (Lipinski definition) is 6. The first-order chi connectivity index (χ1) is 14.1. The smallest absolute Gasteiger partial charge is 0.274 e. The number of hydrogen-bond donors (Lipinski definition) is 2. The number of anilines is 2. The molecule has 0 saturated carbocycles. The second-order valence-electron chi connectivity index (χ2n) is 6.08. The lowest BCUT2D eigenvalue weighted by Gasteiger charge is -2.10. The van der Waals surface area contributed by atoms with Crippen molar-refractivity contribution in [3.8, 4) is 17.2 Å². The summed E-state index contributed by atoms with van der Waals surface area (Å²) in [7, 11) is 1.52. The summed E-state index contributed by atoms with van der Waals surface area (Å²) in [6, 6.07) is 16.8. The van der Waals surface area contributed by atoms with Gasteiger partial charge in [0.15, 0.2) is 11.5 Å². The molecule has 8 nitrogen and oxygen atoms in total. The zero-order valence-electron chi connectivity index (χ0n) is 15.5. The third-order valence-electron chi connectivity index (χ3n) is 4.20. The van der Waals surface area contributed by atoms with Crippen LogP contribution < -0.4 is 24.8 Å². The van der Waals surface area contributed by atoms with Crippen LogP contribution >= 0.6 is 0 Å². The molecule has 0 bridgehead atoms. The van der Waals surface area contributed by atoms with Crippen LogP contribution in [0.5, 0.6) is 17.2 Å². The fourth-order valence-corrected chi connectivity index (χ4v) is 2.79. The van der Waals surface area contributed by atoms with Gasteiger partial charge in [-0.1, -0.05) is 18.2 Å². The number of para-hydroxylation sites is 2. The average Bonchev–Trinajstić information content (AvgIpc) is 3.22. The number of aromatic nitrogens is 1. The maximum absolute atomic E-state index is 12.6. The monoisotopic (exact) mass is 391 g/mol. The van der Waals surface area contributed by atoms with Gasteiger partial charge >= 0.3 is 0 Å². The Morgan fingerprint density at radius 1 is 0.897 bits per heavy atom. The lowest BCUT2D eigenvalue weighted by Crippen LogP contribution is -2.18. The third kappa shape index (κ3) is 3.96. The number of ether oxygens (including phenoxy) is 3. The Balaban J connectivity index is 1.49. The predicted octanol–water partition coefficient (Wildman–Crippen LogP) is 3.32. The number of rotatable bonds is 5. The highest BCUT2D eigenvalue weighted by molar-refractivity contribution is 6.06. The van der Waals surface area contributed by atoms with Gasteiger partial charge in [-0.25, -0.2) is 4.98 Å². The molecule has 0 spiro atoms. The minimum atomic E-state index is -0.452. The Morgan fingerprint density at radius 2 is 1.62 bits per heavy atom. The van der Waals surface area contributed by atoms with Gasteiger partial charge in [0.2, 0.25) is 6.79 Å². The molecule has 1 aromatic heterocycles. The topological polar surface area (TPSA) is 98.8 Å². The van der Waals surface area contributed by atoms with E-state index in [2.05, 4.69) is 15.6 Å². The molecule has 29 heavy (non-hydrogen) atoms. The van der Waals surface area contributed by atoms with Crippen LogP contribution in [0.25, 0.3) is 0 Å². The molecule has 2 N–H and O–H groups in total. The van der Waals surface area contributed by atoms with Gasteiger partial charge < -0.3 is 24.8 Å². The van der Waals surface area contributed by atoms with Crippen molar-refractivity contribution in [1.82, 2.24) is 4.98 Å². The summed E-state index contributed by atoms with van der Waals surface area (Å²) >= 11 is 0. The number of pyridine rings is 1. The van der Waals surface area contributed by atoms with E-state index in [1.165, 1.54) is 19.2 Å². The van der Waals surface area contributed by atoms with Crippen LogP contribution in [0.15, 0.2) is 60.7 Å². The number of amides is 2. The average molecular weight is 391 g/mol. The predicted molar refractivity (Wildman–Crippen MR) is 106 cm³/mol. The highest BCUT2D eigenvalue weighted by Gasteiger charge is 2.17. The van der Waals surface area contributed by atoms with Gasteiger partial charge in [0.1, 0.15) is 17.1 Å². The van der Waals surface area contributed by atoms with Gasteiger partial charge in [0.05, 0.1) is 12.8 Å². The molecular formula is C21H17N3O5. The van der Waals surface area contributed by atoms with E-state index in [0.29, 0.717) is 28.6 Å². The van der Waals surface area contributed by atoms with Gasteiger partial charge in [-0.2, -0.15) is 0 Å². The largest absolute Gasteiger partial charge is 0.495 e. The van der Waals surface area contributed by atoms with Crippen LogP contribution in [-0.2, 0) is 0 Å². The summed E-state index contributed by atoms with van der Waals surface area (Å²) in [5.74, 6) is 0.803. The number of carbonyl (C=O) groups is 2. The Bertz CT molecular complexity index is 1080. The van der Waals surface area contributed by atoms with Crippen LogP contribution in [0.4, 0.5) is 11.4 Å². The van der Waals surface area contributed by atoms with E-state index in [-0.39, 0.29) is 18.2 Å². The molecule has 8 heteroatoms. The highest BCUT2D eigenvalue weighted by atomic mass is 16.7. The van der Waals surface area contributed by atoms with Crippen molar-refractivity contribution in [2.75, 3.05) is 24.5 Å². The molecule has 4 rings (SSSR count). The molecule has 0 saturated heterocycles. The van der Waals surface area contributed by atoms with Gasteiger partial charge in [0, 0.05) is 11.8 Å². The maximum atomic E-state index is 12.6. The second kappa shape index (κ2) is 7.89. The standard InChI is InChI=1S/C21H17N3O5/c1-27-17-8-3-2-5-14(17)24-21(26)16-7-4-6-15(23-16)20(25)22-13-9-10-18-19(11-13)29-12-28-18/h2-11H,12H2,1H3,(H,22,25)(H,24,26). The van der Waals surface area contributed by atoms with Gasteiger partial charge in [-0.05, 0) is 36.4 Å². The normalized spacial score (nSPS) is 11.6. The number of nitrogens with zero attached hydrogens (tertiary/aromatic N) is 1. The van der Waals surface area contributed by atoms with Crippen molar-refractivity contribution in [3.05, 3.63) is 72.1 Å². The first kappa shape index (κ1) is 18.3. The molecular weight excluding hydrogens is 374 g/mol. The minimum Gasteiger partial charge on any atom is -0.495 e. The van der Waals surface area contributed by atoms with Crippen molar-refractivity contribution < 1.29 is 23.8 Å². The van der Waals surface area contributed by atoms with Crippen LogP contribution in [0.1, 0.15) is 21.0 Å². The third-order valence-corrected chi connectivity index (χ3v) is 4.20.